The summed E-state index contributed by atoms with van der Waals surface area (Å²) in [6.45, 7) is 3.90. The molecule has 0 saturated carbocycles. The van der Waals surface area contributed by atoms with Crippen molar-refractivity contribution in [2.24, 2.45) is 0 Å². The fraction of sp³-hybridized carbons (Fsp3) is 0.250. The first-order valence-electron chi connectivity index (χ1n) is 6.47. The molecule has 2 aromatic carbocycles. The van der Waals surface area contributed by atoms with Gasteiger partial charge in [-0.15, -0.1) is 0 Å². The Labute approximate surface area is 130 Å². The molecular weight excluding hydrogens is 343 g/mol. The molecule has 0 aliphatic rings. The normalized spacial score (nSPS) is 13.0. The highest BCUT2D eigenvalue weighted by molar-refractivity contribution is 9.10. The van der Waals surface area contributed by atoms with Crippen molar-refractivity contribution in [2.75, 3.05) is 5.32 Å². The summed E-state index contributed by atoms with van der Waals surface area (Å²) >= 11 is 2.94. The Morgan fingerprint density at radius 2 is 1.81 bits per heavy atom. The van der Waals surface area contributed by atoms with Crippen LogP contribution in [-0.2, 0) is 6.18 Å². The van der Waals surface area contributed by atoms with Crippen LogP contribution in [0.3, 0.4) is 0 Å². The van der Waals surface area contributed by atoms with Crippen LogP contribution in [0.4, 0.5) is 18.9 Å². The highest BCUT2D eigenvalue weighted by atomic mass is 79.9. The summed E-state index contributed by atoms with van der Waals surface area (Å²) in [5, 5.41) is 3.10. The van der Waals surface area contributed by atoms with Crippen molar-refractivity contribution in [2.45, 2.75) is 26.1 Å². The molecule has 0 heterocycles. The van der Waals surface area contributed by atoms with Gasteiger partial charge in [-0.1, -0.05) is 45.8 Å². The van der Waals surface area contributed by atoms with Crippen LogP contribution < -0.4 is 5.32 Å². The van der Waals surface area contributed by atoms with E-state index in [2.05, 4.69) is 21.2 Å². The standard InChI is InChI=1S/C16H15BrF3N/c1-10-4-3-5-12(8-10)11(2)21-13-6-7-15(17)14(9-13)16(18,19)20/h3-9,11,21H,1-2H3. The molecule has 112 valence electrons. The summed E-state index contributed by atoms with van der Waals surface area (Å²) in [4.78, 5) is 0. The van der Waals surface area contributed by atoms with Crippen molar-refractivity contribution >= 4 is 21.6 Å². The zero-order valence-electron chi connectivity index (χ0n) is 11.6. The molecule has 0 aromatic heterocycles. The zero-order valence-corrected chi connectivity index (χ0v) is 13.2. The number of hydrogen-bond donors (Lipinski definition) is 1. The summed E-state index contributed by atoms with van der Waals surface area (Å²) in [5.74, 6) is 0. The molecule has 1 unspecified atom stereocenters. The van der Waals surface area contributed by atoms with E-state index in [1.54, 1.807) is 6.07 Å². The average Bonchev–Trinajstić information content (AvgIpc) is 2.39. The van der Waals surface area contributed by atoms with Gasteiger partial charge in [0.1, 0.15) is 0 Å². The molecule has 0 saturated heterocycles. The zero-order chi connectivity index (χ0) is 15.6. The first-order valence-corrected chi connectivity index (χ1v) is 7.26. The van der Waals surface area contributed by atoms with Crippen molar-refractivity contribution in [3.8, 4) is 0 Å². The van der Waals surface area contributed by atoms with Crippen LogP contribution in [0.5, 0.6) is 0 Å². The monoisotopic (exact) mass is 357 g/mol. The molecule has 2 rings (SSSR count). The summed E-state index contributed by atoms with van der Waals surface area (Å²) in [7, 11) is 0. The first-order chi connectivity index (χ1) is 9.77. The molecule has 0 aliphatic heterocycles. The molecule has 5 heteroatoms. The number of aryl methyl sites for hydroxylation is 1. The largest absolute Gasteiger partial charge is 0.417 e. The Morgan fingerprint density at radius 3 is 2.43 bits per heavy atom. The van der Waals surface area contributed by atoms with E-state index in [0.29, 0.717) is 5.69 Å². The van der Waals surface area contributed by atoms with E-state index >= 15 is 0 Å². The molecule has 0 radical (unpaired) electrons. The van der Waals surface area contributed by atoms with Crippen molar-refractivity contribution in [3.05, 3.63) is 63.6 Å². The molecule has 0 fully saturated rings. The van der Waals surface area contributed by atoms with Crippen LogP contribution in [0.15, 0.2) is 46.9 Å². The Balaban J connectivity index is 2.24. The molecule has 0 spiro atoms. The minimum Gasteiger partial charge on any atom is -0.379 e. The summed E-state index contributed by atoms with van der Waals surface area (Å²) in [6.07, 6.45) is -4.37. The van der Waals surface area contributed by atoms with Crippen molar-refractivity contribution in [1.29, 1.82) is 0 Å². The average molecular weight is 358 g/mol. The van der Waals surface area contributed by atoms with Gasteiger partial charge in [0.05, 0.1) is 5.56 Å². The Hall–Kier alpha value is -1.49. The van der Waals surface area contributed by atoms with Gasteiger partial charge in [-0.3, -0.25) is 0 Å². The predicted octanol–water partition coefficient (Wildman–Crippen LogP) is 5.95. The lowest BCUT2D eigenvalue weighted by molar-refractivity contribution is -0.138. The third kappa shape index (κ3) is 4.00. The predicted molar refractivity (Wildman–Crippen MR) is 82.4 cm³/mol. The van der Waals surface area contributed by atoms with Gasteiger partial charge in [-0.2, -0.15) is 13.2 Å². The minimum atomic E-state index is -4.37. The van der Waals surface area contributed by atoms with Crippen LogP contribution in [0.1, 0.15) is 29.7 Å². The van der Waals surface area contributed by atoms with Crippen molar-refractivity contribution in [1.82, 2.24) is 0 Å². The van der Waals surface area contributed by atoms with Gasteiger partial charge in [0.25, 0.3) is 0 Å². The van der Waals surface area contributed by atoms with Crippen LogP contribution in [0.2, 0.25) is 0 Å². The molecule has 0 aliphatic carbocycles. The van der Waals surface area contributed by atoms with E-state index < -0.39 is 11.7 Å². The highest BCUT2D eigenvalue weighted by Gasteiger charge is 2.33. The van der Waals surface area contributed by atoms with Gasteiger partial charge in [0.15, 0.2) is 0 Å². The molecule has 0 amide bonds. The second kappa shape index (κ2) is 6.10. The van der Waals surface area contributed by atoms with E-state index in [-0.39, 0.29) is 10.5 Å². The molecular formula is C16H15BrF3N. The Kier molecular flexibility index (Phi) is 4.61. The van der Waals surface area contributed by atoms with Crippen LogP contribution in [0, 0.1) is 6.92 Å². The maximum atomic E-state index is 12.9. The second-order valence-electron chi connectivity index (χ2n) is 4.97. The van der Waals surface area contributed by atoms with E-state index in [1.807, 2.05) is 38.1 Å². The third-order valence-corrected chi connectivity index (χ3v) is 3.89. The molecule has 1 atom stereocenters. The SMILES string of the molecule is Cc1cccc(C(C)Nc2ccc(Br)c(C(F)(F)F)c2)c1. The molecule has 0 bridgehead atoms. The fourth-order valence-corrected chi connectivity index (χ4v) is 2.58. The van der Waals surface area contributed by atoms with Crippen LogP contribution in [-0.4, -0.2) is 0 Å². The lowest BCUT2D eigenvalue weighted by Gasteiger charge is -2.18. The fourth-order valence-electron chi connectivity index (χ4n) is 2.11. The van der Waals surface area contributed by atoms with E-state index in [0.717, 1.165) is 17.2 Å². The summed E-state index contributed by atoms with van der Waals surface area (Å²) < 4.78 is 38.7. The topological polar surface area (TPSA) is 12.0 Å². The Bertz CT molecular complexity index is 638. The smallest absolute Gasteiger partial charge is 0.379 e. The summed E-state index contributed by atoms with van der Waals surface area (Å²) in [5.41, 5.74) is 1.92. The van der Waals surface area contributed by atoms with Crippen LogP contribution in [0.25, 0.3) is 0 Å². The van der Waals surface area contributed by atoms with Crippen molar-refractivity contribution < 1.29 is 13.2 Å². The lowest BCUT2D eigenvalue weighted by atomic mass is 10.1. The molecule has 1 nitrogen and oxygen atoms in total. The van der Waals surface area contributed by atoms with Gasteiger partial charge in [-0.05, 0) is 37.6 Å². The van der Waals surface area contributed by atoms with Gasteiger partial charge >= 0.3 is 6.18 Å². The van der Waals surface area contributed by atoms with E-state index in [4.69, 9.17) is 0 Å². The molecule has 1 N–H and O–H groups in total. The number of nitrogens with one attached hydrogen (secondary N) is 1. The molecule has 2 aromatic rings. The minimum absolute atomic E-state index is 0.0451. The second-order valence-corrected chi connectivity index (χ2v) is 5.83. The lowest BCUT2D eigenvalue weighted by Crippen LogP contribution is -2.10. The number of alkyl halides is 3. The summed E-state index contributed by atoms with van der Waals surface area (Å²) in [6, 6.07) is 12.0. The van der Waals surface area contributed by atoms with Crippen molar-refractivity contribution in [3.63, 3.8) is 0 Å². The van der Waals surface area contributed by atoms with Crippen LogP contribution >= 0.6 is 15.9 Å². The van der Waals surface area contributed by atoms with Gasteiger partial charge < -0.3 is 5.32 Å². The number of hydrogen-bond acceptors (Lipinski definition) is 1. The number of rotatable bonds is 3. The number of benzene rings is 2. The third-order valence-electron chi connectivity index (χ3n) is 3.20. The van der Waals surface area contributed by atoms with Gasteiger partial charge in [0.2, 0.25) is 0 Å². The highest BCUT2D eigenvalue weighted by Crippen LogP contribution is 2.36. The van der Waals surface area contributed by atoms with E-state index in [9.17, 15) is 13.2 Å². The Morgan fingerprint density at radius 1 is 1.10 bits per heavy atom. The maximum absolute atomic E-state index is 12.9. The quantitative estimate of drug-likeness (QED) is 0.715. The van der Waals surface area contributed by atoms with Gasteiger partial charge in [0, 0.05) is 16.2 Å². The molecule has 21 heavy (non-hydrogen) atoms. The number of anilines is 1. The van der Waals surface area contributed by atoms with Gasteiger partial charge in [-0.25, -0.2) is 0 Å². The van der Waals surface area contributed by atoms with E-state index in [1.165, 1.54) is 6.07 Å². The maximum Gasteiger partial charge on any atom is 0.417 e. The number of halogens is 4. The first kappa shape index (κ1) is 15.9.